The second kappa shape index (κ2) is 4.13. The van der Waals surface area contributed by atoms with Crippen LogP contribution in [0.2, 0.25) is 0 Å². The lowest BCUT2D eigenvalue weighted by molar-refractivity contribution is -0.136. The Hall–Kier alpha value is -1.84. The van der Waals surface area contributed by atoms with Gasteiger partial charge in [0.05, 0.1) is 0 Å². The van der Waals surface area contributed by atoms with Crippen molar-refractivity contribution in [3.05, 3.63) is 35.7 Å². The lowest BCUT2D eigenvalue weighted by Gasteiger charge is -2.01. The van der Waals surface area contributed by atoms with E-state index in [4.69, 9.17) is 9.63 Å². The van der Waals surface area contributed by atoms with Crippen molar-refractivity contribution in [2.24, 2.45) is 0 Å². The number of hydrogen-bond acceptors (Lipinski definition) is 3. The van der Waals surface area contributed by atoms with Crippen molar-refractivity contribution in [1.29, 1.82) is 0 Å². The van der Waals surface area contributed by atoms with Crippen LogP contribution in [0.25, 0.3) is 5.57 Å². The Kier molecular flexibility index (Phi) is 2.67. The fraction of sp³-hybridized carbons (Fsp3) is 0.273. The fourth-order valence-electron chi connectivity index (χ4n) is 1.48. The van der Waals surface area contributed by atoms with Gasteiger partial charge in [-0.3, -0.25) is 4.79 Å². The van der Waals surface area contributed by atoms with E-state index in [2.05, 4.69) is 17.3 Å². The Morgan fingerprint density at radius 1 is 1.53 bits per heavy atom. The number of nitrogens with zero attached hydrogens (tertiary/aromatic N) is 1. The van der Waals surface area contributed by atoms with Crippen LogP contribution in [-0.4, -0.2) is 16.2 Å². The molecular formula is C11H11NO3. The molecule has 1 N–H and O–H groups in total. The zero-order valence-electron chi connectivity index (χ0n) is 8.14. The molecule has 0 saturated carbocycles. The molecule has 2 rings (SSSR count). The molecule has 4 nitrogen and oxygen atoms in total. The van der Waals surface area contributed by atoms with Crippen molar-refractivity contribution in [3.63, 3.8) is 0 Å². The van der Waals surface area contributed by atoms with E-state index in [1.54, 1.807) is 6.07 Å². The highest BCUT2D eigenvalue weighted by atomic mass is 16.5. The molecule has 1 aromatic heterocycles. The van der Waals surface area contributed by atoms with Crippen molar-refractivity contribution < 1.29 is 14.4 Å². The monoisotopic (exact) mass is 205 g/mol. The van der Waals surface area contributed by atoms with Crippen molar-refractivity contribution in [3.8, 4) is 0 Å². The fourth-order valence-corrected chi connectivity index (χ4v) is 1.48. The predicted molar refractivity (Wildman–Crippen MR) is 54.2 cm³/mol. The summed E-state index contributed by atoms with van der Waals surface area (Å²) in [6.45, 7) is 0. The van der Waals surface area contributed by atoms with Gasteiger partial charge in [0.1, 0.15) is 17.9 Å². The van der Waals surface area contributed by atoms with Gasteiger partial charge in [-0.15, -0.1) is 0 Å². The van der Waals surface area contributed by atoms with Crippen LogP contribution in [0.3, 0.4) is 0 Å². The molecule has 4 heteroatoms. The zero-order valence-corrected chi connectivity index (χ0v) is 8.14. The summed E-state index contributed by atoms with van der Waals surface area (Å²) >= 11 is 0. The van der Waals surface area contributed by atoms with E-state index < -0.39 is 5.97 Å². The molecule has 0 aliphatic heterocycles. The first-order valence-corrected chi connectivity index (χ1v) is 4.80. The maximum absolute atomic E-state index is 10.4. The minimum atomic E-state index is -0.911. The van der Waals surface area contributed by atoms with Gasteiger partial charge in [0, 0.05) is 6.07 Å². The van der Waals surface area contributed by atoms with Crippen LogP contribution in [0.15, 0.2) is 28.8 Å². The maximum atomic E-state index is 10.4. The number of carboxylic acid groups (broad SMARTS) is 1. The molecule has 1 aromatic rings. The van der Waals surface area contributed by atoms with Crippen LogP contribution >= 0.6 is 0 Å². The van der Waals surface area contributed by atoms with E-state index in [9.17, 15) is 4.79 Å². The second-order valence-electron chi connectivity index (χ2n) is 3.39. The number of allylic oxidation sites excluding steroid dienone is 4. The summed E-state index contributed by atoms with van der Waals surface area (Å²) in [6.07, 6.45) is 8.04. The Balaban J connectivity index is 2.16. The third-order valence-corrected chi connectivity index (χ3v) is 2.18. The van der Waals surface area contributed by atoms with Crippen LogP contribution in [0.5, 0.6) is 0 Å². The summed E-state index contributed by atoms with van der Waals surface area (Å²) in [7, 11) is 0. The van der Waals surface area contributed by atoms with Gasteiger partial charge in [-0.05, 0) is 18.4 Å². The first kappa shape index (κ1) is 9.71. The van der Waals surface area contributed by atoms with Crippen LogP contribution in [0, 0.1) is 0 Å². The second-order valence-corrected chi connectivity index (χ2v) is 3.39. The minimum Gasteiger partial charge on any atom is -0.481 e. The van der Waals surface area contributed by atoms with Gasteiger partial charge in [0.2, 0.25) is 0 Å². The quantitative estimate of drug-likeness (QED) is 0.820. The number of rotatable bonds is 3. The molecule has 0 amide bonds. The highest BCUT2D eigenvalue weighted by Crippen LogP contribution is 2.21. The highest BCUT2D eigenvalue weighted by Gasteiger charge is 2.10. The Morgan fingerprint density at radius 3 is 3.07 bits per heavy atom. The highest BCUT2D eigenvalue weighted by molar-refractivity contribution is 5.73. The standard InChI is InChI=1S/C11H11NO3/c13-11(14)7-9-6-10(12-15-9)8-4-2-1-3-5-8/h2,4-6H,1,3,7H2,(H,13,14). The van der Waals surface area contributed by atoms with Crippen LogP contribution in [0.1, 0.15) is 24.3 Å². The van der Waals surface area contributed by atoms with Gasteiger partial charge < -0.3 is 9.63 Å². The molecule has 0 spiro atoms. The van der Waals surface area contributed by atoms with E-state index in [1.807, 2.05) is 6.08 Å². The Morgan fingerprint density at radius 2 is 2.40 bits per heavy atom. The Bertz CT molecular complexity index is 429. The molecule has 1 aliphatic carbocycles. The van der Waals surface area contributed by atoms with Gasteiger partial charge in [0.25, 0.3) is 0 Å². The van der Waals surface area contributed by atoms with Crippen molar-refractivity contribution in [2.75, 3.05) is 0 Å². The smallest absolute Gasteiger partial charge is 0.311 e. The number of aliphatic carboxylic acids is 1. The topological polar surface area (TPSA) is 63.3 Å². The molecule has 0 unspecified atom stereocenters. The minimum absolute atomic E-state index is 0.121. The Labute approximate surface area is 86.9 Å². The average molecular weight is 205 g/mol. The van der Waals surface area contributed by atoms with Crippen LogP contribution < -0.4 is 0 Å². The maximum Gasteiger partial charge on any atom is 0.311 e. The predicted octanol–water partition coefficient (Wildman–Crippen LogP) is 2.04. The molecule has 1 aliphatic rings. The number of aromatic nitrogens is 1. The normalized spacial score (nSPS) is 15.1. The van der Waals surface area contributed by atoms with E-state index >= 15 is 0 Å². The van der Waals surface area contributed by atoms with Crippen LogP contribution in [0.4, 0.5) is 0 Å². The van der Waals surface area contributed by atoms with Gasteiger partial charge >= 0.3 is 5.97 Å². The summed E-state index contributed by atoms with van der Waals surface area (Å²) in [5, 5.41) is 12.4. The number of carbonyl (C=O) groups is 1. The number of hydrogen-bond donors (Lipinski definition) is 1. The molecule has 0 bridgehead atoms. The van der Waals surface area contributed by atoms with E-state index in [-0.39, 0.29) is 6.42 Å². The molecule has 0 radical (unpaired) electrons. The van der Waals surface area contributed by atoms with Gasteiger partial charge in [-0.25, -0.2) is 0 Å². The van der Waals surface area contributed by atoms with Crippen molar-refractivity contribution in [1.82, 2.24) is 5.16 Å². The van der Waals surface area contributed by atoms with Crippen molar-refractivity contribution in [2.45, 2.75) is 19.3 Å². The molecular weight excluding hydrogens is 194 g/mol. The molecule has 0 fully saturated rings. The largest absolute Gasteiger partial charge is 0.481 e. The van der Waals surface area contributed by atoms with Crippen molar-refractivity contribution >= 4 is 11.5 Å². The number of carboxylic acids is 1. The molecule has 0 saturated heterocycles. The molecule has 78 valence electrons. The first-order chi connectivity index (χ1) is 7.25. The van der Waals surface area contributed by atoms with Crippen LogP contribution in [-0.2, 0) is 11.2 Å². The van der Waals surface area contributed by atoms with Gasteiger partial charge in [0.15, 0.2) is 0 Å². The summed E-state index contributed by atoms with van der Waals surface area (Å²) in [5.74, 6) is -0.525. The zero-order chi connectivity index (χ0) is 10.7. The molecule has 15 heavy (non-hydrogen) atoms. The third kappa shape index (κ3) is 2.34. The molecule has 1 heterocycles. The lowest BCUT2D eigenvalue weighted by atomic mass is 10.0. The first-order valence-electron chi connectivity index (χ1n) is 4.80. The van der Waals surface area contributed by atoms with E-state index in [1.165, 1.54) is 0 Å². The van der Waals surface area contributed by atoms with E-state index in [0.29, 0.717) is 11.5 Å². The lowest BCUT2D eigenvalue weighted by Crippen LogP contribution is -1.98. The summed E-state index contributed by atoms with van der Waals surface area (Å²) in [5.41, 5.74) is 1.71. The van der Waals surface area contributed by atoms with Gasteiger partial charge in [-0.1, -0.05) is 23.4 Å². The summed E-state index contributed by atoms with van der Waals surface area (Å²) < 4.78 is 4.92. The molecule has 0 atom stereocenters. The summed E-state index contributed by atoms with van der Waals surface area (Å²) in [4.78, 5) is 10.4. The van der Waals surface area contributed by atoms with E-state index in [0.717, 1.165) is 18.4 Å². The average Bonchev–Trinajstić information content (AvgIpc) is 2.67. The SMILES string of the molecule is O=C(O)Cc1cc(C2=CCCC=C2)no1. The molecule has 0 aromatic carbocycles. The third-order valence-electron chi connectivity index (χ3n) is 2.18. The summed E-state index contributed by atoms with van der Waals surface area (Å²) in [6, 6.07) is 1.68. The van der Waals surface area contributed by atoms with Gasteiger partial charge in [-0.2, -0.15) is 0 Å².